The van der Waals surface area contributed by atoms with E-state index in [1.165, 1.54) is 0 Å². The number of Topliss-reactive ketones (excluding diaryl/α,β-unsaturated/α-hetero) is 1. The lowest BCUT2D eigenvalue weighted by Gasteiger charge is -2.16. The Kier molecular flexibility index (Phi) is 11.9. The van der Waals surface area contributed by atoms with Crippen LogP contribution in [0.3, 0.4) is 0 Å². The highest BCUT2D eigenvalue weighted by Crippen LogP contribution is 2.04. The third-order valence-corrected chi connectivity index (χ3v) is 3.94. The van der Waals surface area contributed by atoms with Crippen LogP contribution in [0.5, 0.6) is 0 Å². The first kappa shape index (κ1) is 19.1. The highest BCUT2D eigenvalue weighted by atomic mass is 127. The van der Waals surface area contributed by atoms with Crippen molar-refractivity contribution in [3.05, 3.63) is 0 Å². The van der Waals surface area contributed by atoms with Crippen LogP contribution < -0.4 is 10.6 Å². The third-order valence-electron chi connectivity index (χ3n) is 2.56. The van der Waals surface area contributed by atoms with Crippen LogP contribution in [0.1, 0.15) is 32.6 Å². The molecule has 0 aliphatic carbocycles. The number of unbranched alkanes of at least 4 members (excludes halogenated alkanes) is 1. The predicted octanol–water partition coefficient (Wildman–Crippen LogP) is 1.61. The Hall–Kier alpha value is 0.0700. The van der Waals surface area contributed by atoms with Gasteiger partial charge in [-0.05, 0) is 19.3 Å². The number of carbonyl (C=O) groups is 3. The van der Waals surface area contributed by atoms with E-state index in [-0.39, 0.29) is 23.6 Å². The zero-order valence-corrected chi connectivity index (χ0v) is 15.3. The number of alkyl halides is 2. The van der Waals surface area contributed by atoms with Gasteiger partial charge in [-0.3, -0.25) is 14.4 Å². The van der Waals surface area contributed by atoms with E-state index in [0.29, 0.717) is 28.2 Å². The molecule has 0 bridgehead atoms. The molecule has 0 spiro atoms. The Labute approximate surface area is 141 Å². The molecule has 0 aromatic heterocycles. The standard InChI is InChI=1S/C12H20I2N2O3/c1-2-10(17)9(16-12(19)8-14)5-3-4-6-15-11(18)7-13/h9H,2-8H2,1H3,(H,15,18)(H,16,19)/t9-/m0/s1. The first-order valence-corrected chi connectivity index (χ1v) is 9.30. The van der Waals surface area contributed by atoms with Crippen molar-refractivity contribution in [2.24, 2.45) is 0 Å². The highest BCUT2D eigenvalue weighted by molar-refractivity contribution is 14.1. The van der Waals surface area contributed by atoms with Crippen LogP contribution in [0.25, 0.3) is 0 Å². The highest BCUT2D eigenvalue weighted by Gasteiger charge is 2.17. The lowest BCUT2D eigenvalue weighted by molar-refractivity contribution is -0.126. The van der Waals surface area contributed by atoms with Gasteiger partial charge in [0, 0.05) is 13.0 Å². The van der Waals surface area contributed by atoms with Crippen LogP contribution in [0.15, 0.2) is 0 Å². The van der Waals surface area contributed by atoms with E-state index in [4.69, 9.17) is 0 Å². The number of nitrogens with one attached hydrogen (secondary N) is 2. The van der Waals surface area contributed by atoms with Crippen LogP contribution in [0, 0.1) is 0 Å². The Morgan fingerprint density at radius 2 is 1.68 bits per heavy atom. The zero-order chi connectivity index (χ0) is 14.7. The monoisotopic (exact) mass is 494 g/mol. The lowest BCUT2D eigenvalue weighted by atomic mass is 10.0. The number of hydrogen-bond donors (Lipinski definition) is 2. The maximum Gasteiger partial charge on any atom is 0.230 e. The number of hydrogen-bond acceptors (Lipinski definition) is 3. The molecule has 110 valence electrons. The smallest absolute Gasteiger partial charge is 0.230 e. The van der Waals surface area contributed by atoms with E-state index in [9.17, 15) is 14.4 Å². The normalized spacial score (nSPS) is 11.7. The van der Waals surface area contributed by atoms with Crippen molar-refractivity contribution >= 4 is 62.8 Å². The van der Waals surface area contributed by atoms with Crippen LogP contribution in [-0.4, -0.2) is 39.0 Å². The van der Waals surface area contributed by atoms with Crippen molar-refractivity contribution in [1.82, 2.24) is 10.6 Å². The zero-order valence-electron chi connectivity index (χ0n) is 11.0. The largest absolute Gasteiger partial charge is 0.355 e. The molecule has 0 fully saturated rings. The molecule has 5 nitrogen and oxygen atoms in total. The van der Waals surface area contributed by atoms with Crippen molar-refractivity contribution < 1.29 is 14.4 Å². The maximum absolute atomic E-state index is 11.7. The van der Waals surface area contributed by atoms with Gasteiger partial charge in [-0.25, -0.2) is 0 Å². The molecule has 0 radical (unpaired) electrons. The summed E-state index contributed by atoms with van der Waals surface area (Å²) in [4.78, 5) is 34.0. The minimum absolute atomic E-state index is 0.0278. The number of carbonyl (C=O) groups excluding carboxylic acids is 3. The Morgan fingerprint density at radius 1 is 1.05 bits per heavy atom. The molecule has 0 heterocycles. The summed E-state index contributed by atoms with van der Waals surface area (Å²) in [7, 11) is 0. The van der Waals surface area contributed by atoms with E-state index in [1.54, 1.807) is 6.92 Å². The van der Waals surface area contributed by atoms with Crippen molar-refractivity contribution in [2.45, 2.75) is 38.6 Å². The van der Waals surface area contributed by atoms with Crippen molar-refractivity contribution in [1.29, 1.82) is 0 Å². The molecular weight excluding hydrogens is 474 g/mol. The van der Waals surface area contributed by atoms with E-state index in [2.05, 4.69) is 10.6 Å². The molecule has 0 aliphatic heterocycles. The number of halogens is 2. The van der Waals surface area contributed by atoms with E-state index < -0.39 is 0 Å². The molecule has 0 rings (SSSR count). The minimum Gasteiger partial charge on any atom is -0.355 e. The van der Waals surface area contributed by atoms with Gasteiger partial charge < -0.3 is 10.6 Å². The molecule has 0 aromatic carbocycles. The lowest BCUT2D eigenvalue weighted by Crippen LogP contribution is -2.41. The average molecular weight is 494 g/mol. The first-order valence-electron chi connectivity index (χ1n) is 6.25. The summed E-state index contributed by atoms with van der Waals surface area (Å²) in [5.41, 5.74) is 0. The molecule has 7 heteroatoms. The molecule has 0 saturated carbocycles. The SMILES string of the molecule is CCC(=O)[C@H](CCCCNC(=O)CI)NC(=O)CI. The second-order valence-corrected chi connectivity index (χ2v) is 5.58. The van der Waals surface area contributed by atoms with Gasteiger partial charge in [0.15, 0.2) is 5.78 Å². The average Bonchev–Trinajstić information content (AvgIpc) is 2.43. The Bertz CT molecular complexity index is 311. The van der Waals surface area contributed by atoms with Crippen LogP contribution in [0.2, 0.25) is 0 Å². The van der Waals surface area contributed by atoms with Crippen molar-refractivity contribution in [3.8, 4) is 0 Å². The van der Waals surface area contributed by atoms with Gasteiger partial charge in [-0.2, -0.15) is 0 Å². The topological polar surface area (TPSA) is 75.3 Å². The molecule has 0 unspecified atom stereocenters. The Balaban J connectivity index is 3.96. The second-order valence-electron chi connectivity index (χ2n) is 4.05. The number of rotatable bonds is 10. The van der Waals surface area contributed by atoms with Gasteiger partial charge >= 0.3 is 0 Å². The van der Waals surface area contributed by atoms with E-state index >= 15 is 0 Å². The molecule has 2 amide bonds. The van der Waals surface area contributed by atoms with Gasteiger partial charge in [0.2, 0.25) is 11.8 Å². The van der Waals surface area contributed by atoms with Crippen LogP contribution >= 0.6 is 45.2 Å². The van der Waals surface area contributed by atoms with Crippen molar-refractivity contribution in [2.75, 3.05) is 15.4 Å². The summed E-state index contributed by atoms with van der Waals surface area (Å²) in [6.45, 7) is 2.42. The van der Waals surface area contributed by atoms with Crippen molar-refractivity contribution in [3.63, 3.8) is 0 Å². The van der Waals surface area contributed by atoms with Gasteiger partial charge in [0.1, 0.15) is 0 Å². The number of ketones is 1. The summed E-state index contributed by atoms with van der Waals surface area (Å²) < 4.78 is 0.817. The predicted molar refractivity (Wildman–Crippen MR) is 91.9 cm³/mol. The van der Waals surface area contributed by atoms with Crippen LogP contribution in [0.4, 0.5) is 0 Å². The van der Waals surface area contributed by atoms with E-state index in [0.717, 1.165) is 12.8 Å². The summed E-state index contributed by atoms with van der Waals surface area (Å²) in [5, 5.41) is 5.53. The molecule has 19 heavy (non-hydrogen) atoms. The fourth-order valence-electron chi connectivity index (χ4n) is 1.54. The molecular formula is C12H20I2N2O3. The van der Waals surface area contributed by atoms with Crippen LogP contribution in [-0.2, 0) is 14.4 Å². The molecule has 0 saturated heterocycles. The molecule has 1 atom stereocenters. The van der Waals surface area contributed by atoms with Gasteiger partial charge in [-0.15, -0.1) is 0 Å². The fraction of sp³-hybridized carbons (Fsp3) is 0.750. The van der Waals surface area contributed by atoms with Gasteiger partial charge in [0.25, 0.3) is 0 Å². The van der Waals surface area contributed by atoms with E-state index in [1.807, 2.05) is 45.2 Å². The first-order chi connectivity index (χ1) is 9.04. The van der Waals surface area contributed by atoms with Gasteiger partial charge in [0.05, 0.1) is 14.9 Å². The quantitative estimate of drug-likeness (QED) is 0.276. The third kappa shape index (κ3) is 9.58. The molecule has 0 aromatic rings. The van der Waals surface area contributed by atoms with Gasteiger partial charge in [-0.1, -0.05) is 52.1 Å². The summed E-state index contributed by atoms with van der Waals surface area (Å²) in [5.74, 6) is -0.0138. The Morgan fingerprint density at radius 3 is 2.21 bits per heavy atom. The second kappa shape index (κ2) is 11.9. The minimum atomic E-state index is -0.382. The fourth-order valence-corrected chi connectivity index (χ4v) is 2.03. The molecule has 2 N–H and O–H groups in total. The summed E-state index contributed by atoms with van der Waals surface area (Å²) >= 11 is 3.98. The number of amides is 2. The maximum atomic E-state index is 11.7. The summed E-state index contributed by atoms with van der Waals surface area (Å²) in [6, 6.07) is -0.382. The molecule has 0 aliphatic rings. The summed E-state index contributed by atoms with van der Waals surface area (Å²) in [6.07, 6.45) is 2.68.